The summed E-state index contributed by atoms with van der Waals surface area (Å²) in [5.74, 6) is -0.490. The number of urea groups is 1. The topological polar surface area (TPSA) is 72.9 Å². The number of carbonyl (C=O) groups excluding carboxylic acids is 2. The highest BCUT2D eigenvalue weighted by molar-refractivity contribution is 9.10. The Morgan fingerprint density at radius 2 is 2.08 bits per heavy atom. The first kappa shape index (κ1) is 19.1. The maximum absolute atomic E-state index is 13.9. The first-order chi connectivity index (χ1) is 12.3. The average molecular weight is 428 g/mol. The number of amides is 3. The van der Waals surface area contributed by atoms with E-state index in [1.165, 1.54) is 13.0 Å². The zero-order valence-corrected chi connectivity index (χ0v) is 16.2. The maximum atomic E-state index is 13.9. The molecule has 6 nitrogen and oxygen atoms in total. The van der Waals surface area contributed by atoms with E-state index in [-0.39, 0.29) is 36.4 Å². The first-order valence-corrected chi connectivity index (χ1v) is 9.58. The smallest absolute Gasteiger partial charge is 0.318 e. The lowest BCUT2D eigenvalue weighted by atomic mass is 10.0. The molecule has 26 heavy (non-hydrogen) atoms. The molecule has 3 rings (SSSR count). The van der Waals surface area contributed by atoms with Gasteiger partial charge >= 0.3 is 6.03 Å². The van der Waals surface area contributed by atoms with Crippen LogP contribution in [0.25, 0.3) is 0 Å². The number of aliphatic hydroxyl groups is 1. The van der Waals surface area contributed by atoms with E-state index in [1.54, 1.807) is 21.9 Å². The van der Waals surface area contributed by atoms with Crippen LogP contribution in [0.2, 0.25) is 0 Å². The van der Waals surface area contributed by atoms with Crippen molar-refractivity contribution in [2.75, 3.05) is 13.1 Å². The molecule has 2 atom stereocenters. The van der Waals surface area contributed by atoms with Gasteiger partial charge in [-0.3, -0.25) is 4.79 Å². The Kier molecular flexibility index (Phi) is 5.82. The van der Waals surface area contributed by atoms with Crippen LogP contribution in [0.1, 0.15) is 31.7 Å². The van der Waals surface area contributed by atoms with Crippen LogP contribution in [-0.2, 0) is 11.3 Å². The van der Waals surface area contributed by atoms with Gasteiger partial charge in [0.1, 0.15) is 5.82 Å². The van der Waals surface area contributed by atoms with Gasteiger partial charge in [0, 0.05) is 42.6 Å². The molecule has 0 spiro atoms. The van der Waals surface area contributed by atoms with Gasteiger partial charge in [0.25, 0.3) is 0 Å². The van der Waals surface area contributed by atoms with Crippen molar-refractivity contribution in [3.05, 3.63) is 34.1 Å². The van der Waals surface area contributed by atoms with Gasteiger partial charge in [0.2, 0.25) is 5.91 Å². The minimum Gasteiger partial charge on any atom is -0.391 e. The summed E-state index contributed by atoms with van der Waals surface area (Å²) in [5, 5.41) is 12.9. The van der Waals surface area contributed by atoms with E-state index in [9.17, 15) is 19.1 Å². The molecule has 0 radical (unpaired) electrons. The fourth-order valence-corrected chi connectivity index (χ4v) is 3.75. The highest BCUT2D eigenvalue weighted by Crippen LogP contribution is 2.31. The van der Waals surface area contributed by atoms with Gasteiger partial charge in [-0.15, -0.1) is 0 Å². The molecule has 0 bridgehead atoms. The molecule has 1 aromatic rings. The number of β-amino-alcohol motifs (C(OH)–C–C–N with tert-alkyl or cyclic N) is 1. The second-order valence-corrected chi connectivity index (χ2v) is 7.92. The maximum Gasteiger partial charge on any atom is 0.318 e. The molecule has 2 unspecified atom stereocenters. The number of nitrogens with one attached hydrogen (secondary N) is 1. The number of hydrogen-bond acceptors (Lipinski definition) is 3. The highest BCUT2D eigenvalue weighted by atomic mass is 79.9. The van der Waals surface area contributed by atoms with E-state index >= 15 is 0 Å². The molecule has 1 aromatic carbocycles. The van der Waals surface area contributed by atoms with E-state index in [2.05, 4.69) is 21.2 Å². The van der Waals surface area contributed by atoms with Crippen LogP contribution in [0.4, 0.5) is 9.18 Å². The molecule has 1 saturated carbocycles. The van der Waals surface area contributed by atoms with E-state index < -0.39 is 6.10 Å². The molecule has 2 fully saturated rings. The number of likely N-dealkylation sites (tertiary alicyclic amines) is 1. The van der Waals surface area contributed by atoms with Crippen LogP contribution in [0.15, 0.2) is 22.7 Å². The van der Waals surface area contributed by atoms with Crippen LogP contribution >= 0.6 is 15.9 Å². The predicted molar refractivity (Wildman–Crippen MR) is 97.9 cm³/mol. The summed E-state index contributed by atoms with van der Waals surface area (Å²) < 4.78 is 14.6. The largest absolute Gasteiger partial charge is 0.391 e. The lowest BCUT2D eigenvalue weighted by molar-refractivity contribution is -0.133. The molecule has 142 valence electrons. The van der Waals surface area contributed by atoms with Crippen molar-refractivity contribution in [2.24, 2.45) is 0 Å². The molecule has 1 heterocycles. The van der Waals surface area contributed by atoms with Gasteiger partial charge in [0.05, 0.1) is 12.1 Å². The molecular formula is C18H23BrFN3O3. The van der Waals surface area contributed by atoms with E-state index in [0.717, 1.165) is 12.8 Å². The third kappa shape index (κ3) is 4.54. The van der Waals surface area contributed by atoms with Gasteiger partial charge in [-0.05, 0) is 31.4 Å². The Bertz CT molecular complexity index is 698. The summed E-state index contributed by atoms with van der Waals surface area (Å²) >= 11 is 3.21. The van der Waals surface area contributed by atoms with Crippen molar-refractivity contribution < 1.29 is 19.1 Å². The third-order valence-corrected chi connectivity index (χ3v) is 5.36. The van der Waals surface area contributed by atoms with Crippen molar-refractivity contribution in [3.63, 3.8) is 0 Å². The number of piperidine rings is 1. The van der Waals surface area contributed by atoms with Crippen LogP contribution < -0.4 is 5.32 Å². The SMILES string of the molecule is CC(=O)N1CC(O)CC(N(C(=O)NCc2ccc(Br)cc2F)C2CC2)C1. The van der Waals surface area contributed by atoms with Crippen LogP contribution in [-0.4, -0.2) is 58.1 Å². The molecule has 1 saturated heterocycles. The Balaban J connectivity index is 1.67. The second kappa shape index (κ2) is 7.92. The molecule has 3 amide bonds. The monoisotopic (exact) mass is 427 g/mol. The number of halogens is 2. The van der Waals surface area contributed by atoms with Crippen molar-refractivity contribution >= 4 is 27.9 Å². The molecule has 0 aromatic heterocycles. The number of carbonyl (C=O) groups is 2. The zero-order chi connectivity index (χ0) is 18.8. The van der Waals surface area contributed by atoms with E-state index in [1.807, 2.05) is 0 Å². The van der Waals surface area contributed by atoms with E-state index in [0.29, 0.717) is 29.5 Å². The van der Waals surface area contributed by atoms with Crippen molar-refractivity contribution in [2.45, 2.75) is 50.9 Å². The normalized spacial score (nSPS) is 22.8. The fourth-order valence-electron chi connectivity index (χ4n) is 3.41. The van der Waals surface area contributed by atoms with Gasteiger partial charge in [-0.1, -0.05) is 22.0 Å². The number of aliphatic hydroxyl groups excluding tert-OH is 1. The third-order valence-electron chi connectivity index (χ3n) is 4.87. The average Bonchev–Trinajstić information content (AvgIpc) is 3.38. The summed E-state index contributed by atoms with van der Waals surface area (Å²) in [4.78, 5) is 27.8. The number of benzene rings is 1. The molecule has 1 aliphatic heterocycles. The lowest BCUT2D eigenvalue weighted by Gasteiger charge is -2.41. The summed E-state index contributed by atoms with van der Waals surface area (Å²) in [5.41, 5.74) is 0.409. The predicted octanol–water partition coefficient (Wildman–Crippen LogP) is 2.24. The molecular weight excluding hydrogens is 405 g/mol. The van der Waals surface area contributed by atoms with Gasteiger partial charge in [0.15, 0.2) is 0 Å². The number of rotatable bonds is 4. The highest BCUT2D eigenvalue weighted by Gasteiger charge is 2.41. The van der Waals surface area contributed by atoms with Gasteiger partial charge in [-0.25, -0.2) is 9.18 Å². The fraction of sp³-hybridized carbons (Fsp3) is 0.556. The summed E-state index contributed by atoms with van der Waals surface area (Å²) in [6.07, 6.45) is 1.62. The summed E-state index contributed by atoms with van der Waals surface area (Å²) in [7, 11) is 0. The van der Waals surface area contributed by atoms with E-state index in [4.69, 9.17) is 0 Å². The van der Waals surface area contributed by atoms with Crippen LogP contribution in [0.3, 0.4) is 0 Å². The molecule has 8 heteroatoms. The Morgan fingerprint density at radius 3 is 2.69 bits per heavy atom. The minimum atomic E-state index is -0.643. The van der Waals surface area contributed by atoms with Gasteiger partial charge < -0.3 is 20.2 Å². The summed E-state index contributed by atoms with van der Waals surface area (Å²) in [6, 6.07) is 4.33. The lowest BCUT2D eigenvalue weighted by Crippen LogP contribution is -2.57. The van der Waals surface area contributed by atoms with Gasteiger partial charge in [-0.2, -0.15) is 0 Å². The standard InChI is InChI=1S/C18H23BrFN3O3/c1-11(24)22-9-15(7-16(25)10-22)23(14-4-5-14)18(26)21-8-12-2-3-13(19)6-17(12)20/h2-3,6,14-16,25H,4-5,7-10H2,1H3,(H,21,26). The Labute approximate surface area is 160 Å². The zero-order valence-electron chi connectivity index (χ0n) is 14.6. The minimum absolute atomic E-state index is 0.0901. The number of nitrogens with zero attached hydrogens (tertiary/aromatic N) is 2. The van der Waals surface area contributed by atoms with Crippen molar-refractivity contribution in [3.8, 4) is 0 Å². The van der Waals surface area contributed by atoms with Crippen molar-refractivity contribution in [1.29, 1.82) is 0 Å². The second-order valence-electron chi connectivity index (χ2n) is 7.00. The first-order valence-electron chi connectivity index (χ1n) is 8.79. The Hall–Kier alpha value is -1.67. The molecule has 2 aliphatic rings. The van der Waals surface area contributed by atoms with Crippen LogP contribution in [0.5, 0.6) is 0 Å². The van der Waals surface area contributed by atoms with Crippen LogP contribution in [0, 0.1) is 5.82 Å². The quantitative estimate of drug-likeness (QED) is 0.773. The van der Waals surface area contributed by atoms with Crippen molar-refractivity contribution in [1.82, 2.24) is 15.1 Å². The Morgan fingerprint density at radius 1 is 1.35 bits per heavy atom. The summed E-state index contributed by atoms with van der Waals surface area (Å²) in [6.45, 7) is 2.28. The molecule has 1 aliphatic carbocycles. The number of hydrogen-bond donors (Lipinski definition) is 2. The molecule has 2 N–H and O–H groups in total.